The van der Waals surface area contributed by atoms with Gasteiger partial charge in [-0.2, -0.15) is 0 Å². The van der Waals surface area contributed by atoms with Crippen molar-refractivity contribution >= 4 is 29.0 Å². The van der Waals surface area contributed by atoms with Crippen molar-refractivity contribution in [2.75, 3.05) is 36.4 Å². The lowest BCUT2D eigenvalue weighted by Gasteiger charge is -2.36. The van der Waals surface area contributed by atoms with E-state index in [-0.39, 0.29) is 0 Å². The maximum Gasteiger partial charge on any atom is 0.322 e. The van der Waals surface area contributed by atoms with Crippen molar-refractivity contribution in [2.45, 2.75) is 6.92 Å². The van der Waals surface area contributed by atoms with E-state index in [1.165, 1.54) is 6.07 Å². The lowest BCUT2D eigenvalue weighted by atomic mass is 10.1. The molecule has 1 fully saturated rings. The second-order valence-electron chi connectivity index (χ2n) is 5.93. The third-order valence-electron chi connectivity index (χ3n) is 4.27. The number of halogens is 3. The van der Waals surface area contributed by atoms with Gasteiger partial charge in [0.25, 0.3) is 0 Å². The highest BCUT2D eigenvalue weighted by molar-refractivity contribution is 6.30. The maximum absolute atomic E-state index is 13.6. The van der Waals surface area contributed by atoms with Gasteiger partial charge in [-0.1, -0.05) is 23.7 Å². The van der Waals surface area contributed by atoms with E-state index in [1.54, 1.807) is 4.90 Å². The van der Waals surface area contributed by atoms with Gasteiger partial charge in [-0.05, 0) is 36.8 Å². The molecule has 1 aliphatic rings. The van der Waals surface area contributed by atoms with Gasteiger partial charge in [0.1, 0.15) is 17.3 Å². The monoisotopic (exact) mass is 365 g/mol. The number of piperazine rings is 1. The first-order valence-electron chi connectivity index (χ1n) is 7.97. The fraction of sp³-hybridized carbons (Fsp3) is 0.278. The van der Waals surface area contributed by atoms with Crippen molar-refractivity contribution in [1.82, 2.24) is 4.90 Å². The van der Waals surface area contributed by atoms with E-state index in [4.69, 9.17) is 11.6 Å². The van der Waals surface area contributed by atoms with Gasteiger partial charge in [-0.25, -0.2) is 13.6 Å². The van der Waals surface area contributed by atoms with Crippen molar-refractivity contribution in [3.05, 3.63) is 58.6 Å². The number of nitrogens with one attached hydrogen (secondary N) is 1. The molecule has 0 aliphatic carbocycles. The number of carbonyl (C=O) groups excluding carboxylic acids is 1. The maximum atomic E-state index is 13.6. The summed E-state index contributed by atoms with van der Waals surface area (Å²) in [7, 11) is 0. The Labute approximate surface area is 150 Å². The summed E-state index contributed by atoms with van der Waals surface area (Å²) < 4.78 is 27.3. The van der Waals surface area contributed by atoms with E-state index in [0.717, 1.165) is 23.4 Å². The van der Waals surface area contributed by atoms with Gasteiger partial charge in [0.05, 0.1) is 0 Å². The van der Waals surface area contributed by atoms with Gasteiger partial charge < -0.3 is 15.1 Å². The minimum atomic E-state index is -0.790. The molecular weight excluding hydrogens is 348 g/mol. The SMILES string of the molecule is Cc1ccc(Cl)cc1N1CCN(C(=O)Nc2c(F)cccc2F)CC1. The van der Waals surface area contributed by atoms with Crippen LogP contribution in [-0.2, 0) is 0 Å². The highest BCUT2D eigenvalue weighted by atomic mass is 35.5. The standard InChI is InChI=1S/C18H18ClF2N3O/c1-12-5-6-13(19)11-16(12)23-7-9-24(10-8-23)18(25)22-17-14(20)3-2-4-15(17)21/h2-6,11H,7-10H2,1H3,(H,22,25). The number of aryl methyl sites for hydroxylation is 1. The highest BCUT2D eigenvalue weighted by Crippen LogP contribution is 2.25. The Morgan fingerprint density at radius 1 is 1.08 bits per heavy atom. The zero-order valence-electron chi connectivity index (χ0n) is 13.7. The van der Waals surface area contributed by atoms with Crippen LogP contribution < -0.4 is 10.2 Å². The quantitative estimate of drug-likeness (QED) is 0.862. The Balaban J connectivity index is 1.64. The molecule has 0 bridgehead atoms. The number of hydrogen-bond donors (Lipinski definition) is 1. The molecule has 0 aromatic heterocycles. The Morgan fingerprint density at radius 3 is 2.36 bits per heavy atom. The summed E-state index contributed by atoms with van der Waals surface area (Å²) in [5, 5.41) is 2.98. The minimum Gasteiger partial charge on any atom is -0.368 e. The van der Waals surface area contributed by atoms with E-state index in [0.29, 0.717) is 31.2 Å². The predicted octanol–water partition coefficient (Wildman–Crippen LogP) is 4.28. The largest absolute Gasteiger partial charge is 0.368 e. The second kappa shape index (κ2) is 7.27. The number of amides is 2. The minimum absolute atomic E-state index is 0.416. The van der Waals surface area contributed by atoms with Crippen molar-refractivity contribution in [1.29, 1.82) is 0 Å². The predicted molar refractivity (Wildman–Crippen MR) is 95.4 cm³/mol. The lowest BCUT2D eigenvalue weighted by Crippen LogP contribution is -2.50. The molecule has 132 valence electrons. The fourth-order valence-electron chi connectivity index (χ4n) is 2.88. The van der Waals surface area contributed by atoms with Crippen LogP contribution in [-0.4, -0.2) is 37.1 Å². The van der Waals surface area contributed by atoms with Crippen LogP contribution in [0.4, 0.5) is 25.0 Å². The Morgan fingerprint density at radius 2 is 1.72 bits per heavy atom. The van der Waals surface area contributed by atoms with Gasteiger partial charge >= 0.3 is 6.03 Å². The molecule has 2 aromatic carbocycles. The number of benzene rings is 2. The summed E-state index contributed by atoms with van der Waals surface area (Å²) in [6.07, 6.45) is 0. The zero-order chi connectivity index (χ0) is 18.0. The number of para-hydroxylation sites is 1. The van der Waals surface area contributed by atoms with Crippen LogP contribution in [0, 0.1) is 18.6 Å². The Kier molecular flexibility index (Phi) is 5.08. The molecule has 0 unspecified atom stereocenters. The summed E-state index contributed by atoms with van der Waals surface area (Å²) in [6.45, 7) is 4.15. The van der Waals surface area contributed by atoms with Crippen LogP contribution in [0.25, 0.3) is 0 Å². The Bertz CT molecular complexity index is 772. The molecular formula is C18H18ClF2N3O. The smallest absolute Gasteiger partial charge is 0.322 e. The molecule has 0 atom stereocenters. The van der Waals surface area contributed by atoms with Crippen molar-refractivity contribution in [3.8, 4) is 0 Å². The normalized spacial score (nSPS) is 14.6. The van der Waals surface area contributed by atoms with Crippen LogP contribution in [0.2, 0.25) is 5.02 Å². The van der Waals surface area contributed by atoms with Gasteiger partial charge in [0.15, 0.2) is 0 Å². The number of hydrogen-bond acceptors (Lipinski definition) is 2. The van der Waals surface area contributed by atoms with Crippen molar-refractivity contribution in [2.24, 2.45) is 0 Å². The van der Waals surface area contributed by atoms with Crippen molar-refractivity contribution in [3.63, 3.8) is 0 Å². The highest BCUT2D eigenvalue weighted by Gasteiger charge is 2.23. The molecule has 4 nitrogen and oxygen atoms in total. The van der Waals surface area contributed by atoms with Gasteiger partial charge in [-0.15, -0.1) is 0 Å². The third kappa shape index (κ3) is 3.85. The molecule has 25 heavy (non-hydrogen) atoms. The van der Waals surface area contributed by atoms with Gasteiger partial charge in [0, 0.05) is 36.9 Å². The lowest BCUT2D eigenvalue weighted by molar-refractivity contribution is 0.208. The third-order valence-corrected chi connectivity index (χ3v) is 4.51. The van der Waals surface area contributed by atoms with Crippen LogP contribution >= 0.6 is 11.6 Å². The van der Waals surface area contributed by atoms with Crippen LogP contribution in [0.1, 0.15) is 5.56 Å². The first kappa shape index (κ1) is 17.5. The molecule has 3 rings (SSSR count). The number of carbonyl (C=O) groups is 1. The summed E-state index contributed by atoms with van der Waals surface area (Å²) in [6, 6.07) is 8.67. The zero-order valence-corrected chi connectivity index (χ0v) is 14.5. The molecule has 0 spiro atoms. The Hall–Kier alpha value is -2.34. The van der Waals surface area contributed by atoms with Crippen LogP contribution in [0.5, 0.6) is 0 Å². The summed E-state index contributed by atoms with van der Waals surface area (Å²) in [5.41, 5.74) is 1.73. The van der Waals surface area contributed by atoms with Crippen LogP contribution in [0.15, 0.2) is 36.4 Å². The molecule has 7 heteroatoms. The summed E-state index contributed by atoms with van der Waals surface area (Å²) in [5.74, 6) is -1.58. The molecule has 0 saturated carbocycles. The van der Waals surface area contributed by atoms with E-state index in [9.17, 15) is 13.6 Å². The van der Waals surface area contributed by atoms with E-state index in [2.05, 4.69) is 10.2 Å². The van der Waals surface area contributed by atoms with Crippen molar-refractivity contribution < 1.29 is 13.6 Å². The number of nitrogens with zero attached hydrogens (tertiary/aromatic N) is 2. The molecule has 2 aromatic rings. The van der Waals surface area contributed by atoms with Gasteiger partial charge in [-0.3, -0.25) is 0 Å². The topological polar surface area (TPSA) is 35.6 Å². The number of rotatable bonds is 2. The number of anilines is 2. The second-order valence-corrected chi connectivity index (χ2v) is 6.37. The number of urea groups is 1. The van der Waals surface area contributed by atoms with Crippen LogP contribution in [0.3, 0.4) is 0 Å². The molecule has 0 radical (unpaired) electrons. The van der Waals surface area contributed by atoms with Gasteiger partial charge in [0.2, 0.25) is 0 Å². The van der Waals surface area contributed by atoms with E-state index in [1.807, 2.05) is 25.1 Å². The molecule has 1 saturated heterocycles. The molecule has 2 amide bonds. The van der Waals surface area contributed by atoms with E-state index < -0.39 is 23.4 Å². The molecule has 1 N–H and O–H groups in total. The molecule has 1 aliphatic heterocycles. The first-order chi connectivity index (χ1) is 12.0. The average Bonchev–Trinajstić information content (AvgIpc) is 2.60. The molecule has 1 heterocycles. The fourth-order valence-corrected chi connectivity index (χ4v) is 3.04. The van der Waals surface area contributed by atoms with E-state index >= 15 is 0 Å². The summed E-state index contributed by atoms with van der Waals surface area (Å²) >= 11 is 6.06. The summed E-state index contributed by atoms with van der Waals surface area (Å²) in [4.78, 5) is 16.0. The first-order valence-corrected chi connectivity index (χ1v) is 8.34. The average molecular weight is 366 g/mol.